The summed E-state index contributed by atoms with van der Waals surface area (Å²) in [7, 11) is 0. The molecule has 0 fully saturated rings. The van der Waals surface area contributed by atoms with Gasteiger partial charge in [0.2, 0.25) is 0 Å². The van der Waals surface area contributed by atoms with Gasteiger partial charge in [0.15, 0.2) is 0 Å². The van der Waals surface area contributed by atoms with E-state index in [0.29, 0.717) is 0 Å². The lowest BCUT2D eigenvalue weighted by Crippen LogP contribution is -2.54. The topological polar surface area (TPSA) is 75.8 Å². The van der Waals surface area contributed by atoms with Crippen molar-refractivity contribution in [3.63, 3.8) is 0 Å². The minimum absolute atomic E-state index is 0.269. The number of nitrogens with two attached hydrogens (primary N) is 2. The van der Waals surface area contributed by atoms with Crippen LogP contribution in [-0.2, 0) is 0 Å². The number of nitrogens with zero attached hydrogens (tertiary/aromatic N) is 1. The van der Waals surface area contributed by atoms with Crippen molar-refractivity contribution < 1.29 is 0 Å². The Morgan fingerprint density at radius 3 is 2.42 bits per heavy atom. The third kappa shape index (κ3) is 3.70. The molecule has 0 bridgehead atoms. The Bertz CT molecular complexity index is 158. The summed E-state index contributed by atoms with van der Waals surface area (Å²) in [5.41, 5.74) is 10.7. The summed E-state index contributed by atoms with van der Waals surface area (Å²) in [6.07, 6.45) is 4.02. The van der Waals surface area contributed by atoms with Crippen LogP contribution in [0, 0.1) is 17.2 Å². The molecule has 3 nitrogen and oxygen atoms in total. The van der Waals surface area contributed by atoms with Gasteiger partial charge in [-0.15, -0.1) is 0 Å². The SMILES string of the molecule is CCCCCC(N)(N)C(C)C#N. The average molecular weight is 169 g/mol. The van der Waals surface area contributed by atoms with Gasteiger partial charge in [0.1, 0.15) is 0 Å². The lowest BCUT2D eigenvalue weighted by molar-refractivity contribution is 0.319. The standard InChI is InChI=1S/C9H19N3/c1-3-4-5-6-9(11,12)8(2)7-10/h8H,3-6,11-12H2,1-2H3. The number of nitriles is 1. The van der Waals surface area contributed by atoms with Gasteiger partial charge in [-0.3, -0.25) is 0 Å². The summed E-state index contributed by atoms with van der Waals surface area (Å²) in [5, 5.41) is 8.62. The van der Waals surface area contributed by atoms with Gasteiger partial charge in [-0.25, -0.2) is 0 Å². The summed E-state index contributed by atoms with van der Waals surface area (Å²) in [6, 6.07) is 2.08. The van der Waals surface area contributed by atoms with Crippen LogP contribution in [0.5, 0.6) is 0 Å². The zero-order chi connectivity index (χ0) is 9.61. The molecule has 1 unspecified atom stereocenters. The van der Waals surface area contributed by atoms with Gasteiger partial charge in [-0.2, -0.15) is 5.26 Å². The first-order chi connectivity index (χ1) is 5.54. The zero-order valence-electron chi connectivity index (χ0n) is 8.01. The van der Waals surface area contributed by atoms with E-state index >= 15 is 0 Å². The molecule has 0 saturated heterocycles. The molecule has 0 aliphatic carbocycles. The van der Waals surface area contributed by atoms with Crippen LogP contribution in [0.4, 0.5) is 0 Å². The summed E-state index contributed by atoms with van der Waals surface area (Å²) >= 11 is 0. The molecule has 0 aliphatic rings. The Labute approximate surface area is 74.7 Å². The van der Waals surface area contributed by atoms with E-state index in [1.54, 1.807) is 6.92 Å². The van der Waals surface area contributed by atoms with Gasteiger partial charge in [0.05, 0.1) is 17.6 Å². The van der Waals surface area contributed by atoms with Gasteiger partial charge >= 0.3 is 0 Å². The fourth-order valence-corrected chi connectivity index (χ4v) is 1.02. The van der Waals surface area contributed by atoms with E-state index in [4.69, 9.17) is 16.7 Å². The molecule has 0 aromatic carbocycles. The molecule has 4 N–H and O–H groups in total. The van der Waals surface area contributed by atoms with E-state index in [9.17, 15) is 0 Å². The smallest absolute Gasteiger partial charge is 0.0796 e. The van der Waals surface area contributed by atoms with Crippen molar-refractivity contribution in [2.24, 2.45) is 17.4 Å². The Hall–Kier alpha value is -0.590. The van der Waals surface area contributed by atoms with Gasteiger partial charge < -0.3 is 11.5 Å². The van der Waals surface area contributed by atoms with Crippen molar-refractivity contribution in [3.05, 3.63) is 0 Å². The van der Waals surface area contributed by atoms with E-state index in [1.165, 1.54) is 0 Å². The van der Waals surface area contributed by atoms with Gasteiger partial charge in [-0.05, 0) is 13.3 Å². The molecule has 0 aliphatic heterocycles. The molecule has 0 heterocycles. The van der Waals surface area contributed by atoms with E-state index in [-0.39, 0.29) is 5.92 Å². The van der Waals surface area contributed by atoms with Crippen molar-refractivity contribution in [3.8, 4) is 6.07 Å². The Balaban J connectivity index is 3.80. The van der Waals surface area contributed by atoms with Crippen LogP contribution in [0.2, 0.25) is 0 Å². The highest BCUT2D eigenvalue weighted by Gasteiger charge is 2.25. The molecule has 0 aromatic heterocycles. The Morgan fingerprint density at radius 2 is 2.00 bits per heavy atom. The van der Waals surface area contributed by atoms with E-state index in [1.807, 2.05) is 0 Å². The number of hydrogen-bond acceptors (Lipinski definition) is 3. The molecule has 0 saturated carbocycles. The molecule has 0 rings (SSSR count). The quantitative estimate of drug-likeness (QED) is 0.481. The Morgan fingerprint density at radius 1 is 1.42 bits per heavy atom. The van der Waals surface area contributed by atoms with Crippen molar-refractivity contribution in [1.82, 2.24) is 0 Å². The van der Waals surface area contributed by atoms with Crippen LogP contribution >= 0.6 is 0 Å². The molecule has 0 spiro atoms. The Kier molecular flexibility index (Phi) is 4.87. The van der Waals surface area contributed by atoms with Crippen LogP contribution < -0.4 is 11.5 Å². The summed E-state index contributed by atoms with van der Waals surface area (Å²) in [6.45, 7) is 3.90. The minimum Gasteiger partial charge on any atom is -0.312 e. The van der Waals surface area contributed by atoms with Crippen LogP contribution in [0.15, 0.2) is 0 Å². The summed E-state index contributed by atoms with van der Waals surface area (Å²) < 4.78 is 0. The molecule has 3 heteroatoms. The van der Waals surface area contributed by atoms with Crippen LogP contribution in [0.1, 0.15) is 39.5 Å². The van der Waals surface area contributed by atoms with E-state index in [2.05, 4.69) is 13.0 Å². The first kappa shape index (κ1) is 11.4. The molecule has 0 radical (unpaired) electrons. The van der Waals surface area contributed by atoms with Gasteiger partial charge in [-0.1, -0.05) is 26.2 Å². The van der Waals surface area contributed by atoms with Crippen molar-refractivity contribution in [2.75, 3.05) is 0 Å². The number of unbranched alkanes of at least 4 members (excludes halogenated alkanes) is 2. The summed E-state index contributed by atoms with van der Waals surface area (Å²) in [4.78, 5) is 0. The molecule has 0 amide bonds. The third-order valence-corrected chi connectivity index (χ3v) is 2.21. The number of rotatable bonds is 5. The van der Waals surface area contributed by atoms with Crippen molar-refractivity contribution in [2.45, 2.75) is 45.2 Å². The molecule has 1 atom stereocenters. The lowest BCUT2D eigenvalue weighted by Gasteiger charge is -2.26. The second-order valence-electron chi connectivity index (χ2n) is 3.42. The monoisotopic (exact) mass is 169 g/mol. The molecular formula is C9H19N3. The van der Waals surface area contributed by atoms with Crippen LogP contribution in [0.25, 0.3) is 0 Å². The predicted octanol–water partition coefficient (Wildman–Crippen LogP) is 1.34. The fraction of sp³-hybridized carbons (Fsp3) is 0.889. The first-order valence-electron chi connectivity index (χ1n) is 4.52. The maximum Gasteiger partial charge on any atom is 0.0796 e. The predicted molar refractivity (Wildman–Crippen MR) is 50.0 cm³/mol. The van der Waals surface area contributed by atoms with Crippen molar-refractivity contribution in [1.29, 1.82) is 5.26 Å². The normalized spacial score (nSPS) is 13.9. The second kappa shape index (κ2) is 5.13. The first-order valence-corrected chi connectivity index (χ1v) is 4.52. The van der Waals surface area contributed by atoms with Crippen molar-refractivity contribution >= 4 is 0 Å². The van der Waals surface area contributed by atoms with Gasteiger partial charge in [0.25, 0.3) is 0 Å². The molecule has 12 heavy (non-hydrogen) atoms. The lowest BCUT2D eigenvalue weighted by atomic mass is 9.92. The zero-order valence-corrected chi connectivity index (χ0v) is 8.01. The molecule has 0 aromatic rings. The third-order valence-electron chi connectivity index (χ3n) is 2.21. The van der Waals surface area contributed by atoms with E-state index < -0.39 is 5.66 Å². The second-order valence-corrected chi connectivity index (χ2v) is 3.42. The van der Waals surface area contributed by atoms with Crippen LogP contribution in [-0.4, -0.2) is 5.66 Å². The maximum atomic E-state index is 8.62. The largest absolute Gasteiger partial charge is 0.312 e. The summed E-state index contributed by atoms with van der Waals surface area (Å²) in [5.74, 6) is -0.269. The fourth-order valence-electron chi connectivity index (χ4n) is 1.02. The minimum atomic E-state index is -0.802. The molecular weight excluding hydrogens is 150 g/mol. The highest BCUT2D eigenvalue weighted by atomic mass is 15.0. The molecule has 70 valence electrons. The highest BCUT2D eigenvalue weighted by molar-refractivity contribution is 4.95. The number of hydrogen-bond donors (Lipinski definition) is 2. The van der Waals surface area contributed by atoms with E-state index in [0.717, 1.165) is 25.7 Å². The van der Waals surface area contributed by atoms with Crippen LogP contribution in [0.3, 0.4) is 0 Å². The average Bonchev–Trinajstić information content (AvgIpc) is 2.03. The highest BCUT2D eigenvalue weighted by Crippen LogP contribution is 2.15. The van der Waals surface area contributed by atoms with Gasteiger partial charge in [0, 0.05) is 0 Å². The maximum absolute atomic E-state index is 8.62.